The average Bonchev–Trinajstić information content (AvgIpc) is 1.69. The Morgan fingerprint density at radius 1 is 1.71 bits per heavy atom. The van der Waals surface area contributed by atoms with Crippen LogP contribution in [0.3, 0.4) is 0 Å². The summed E-state index contributed by atoms with van der Waals surface area (Å²) in [6, 6.07) is 3.95. The van der Waals surface area contributed by atoms with Crippen LogP contribution >= 0.6 is 0 Å². The van der Waals surface area contributed by atoms with E-state index in [0.717, 1.165) is 5.59 Å². The van der Waals surface area contributed by atoms with E-state index < -0.39 is 0 Å². The molecule has 0 aliphatic heterocycles. The Balaban J connectivity index is 3.02. The van der Waals surface area contributed by atoms with Crippen LogP contribution in [-0.4, -0.2) is 19.8 Å². The van der Waals surface area contributed by atoms with Crippen molar-refractivity contribution in [2.24, 2.45) is 0 Å². The molecule has 3 heteroatoms. The number of nitrogens with zero attached hydrogens (tertiary/aromatic N) is 1. The molecule has 0 atom stereocenters. The fraction of sp³-hybridized carbons (Fsp3) is 0. The first-order chi connectivity index (χ1) is 3.39. The maximum atomic E-state index is 3.98. The van der Waals surface area contributed by atoms with Gasteiger partial charge in [0.25, 0.3) is 0 Å². The molecule has 0 aliphatic rings. The zero-order valence-corrected chi connectivity index (χ0v) is 4.26. The van der Waals surface area contributed by atoms with Crippen molar-refractivity contribution < 1.29 is 0 Å². The van der Waals surface area contributed by atoms with Crippen LogP contribution < -0.4 is 5.59 Å². The second-order valence-corrected chi connectivity index (χ2v) is 1.47. The van der Waals surface area contributed by atoms with Crippen molar-refractivity contribution >= 4 is 20.5 Å². The van der Waals surface area contributed by atoms with Crippen LogP contribution in [0.5, 0.6) is 0 Å². The molecule has 0 aromatic carbocycles. The predicted molar refractivity (Wildman–Crippen MR) is 33.8 cm³/mol. The monoisotopic (exact) mass is 89.1 g/mol. The molecule has 1 rings (SSSR count). The number of hydrogen-bond donors (Lipinski definition) is 0. The van der Waals surface area contributed by atoms with E-state index >= 15 is 0 Å². The number of aromatic nitrogens is 1. The Labute approximate surface area is 44.4 Å². The van der Waals surface area contributed by atoms with Gasteiger partial charge < -0.3 is 0 Å². The molecule has 0 aliphatic carbocycles. The second kappa shape index (κ2) is 1.92. The van der Waals surface area contributed by atoms with E-state index in [2.05, 4.69) is 4.89 Å². The molecule has 0 radical (unpaired) electrons. The Hall–Kier alpha value is -0.590. The van der Waals surface area contributed by atoms with Gasteiger partial charge in [-0.3, -0.25) is 0 Å². The first-order valence-electron chi connectivity index (χ1n) is 2.27. The molecular weight excluding hydrogens is 83.7 g/mol. The van der Waals surface area contributed by atoms with Crippen molar-refractivity contribution in [3.63, 3.8) is 0 Å². The van der Waals surface area contributed by atoms with E-state index in [-0.39, 0.29) is 0 Å². The van der Waals surface area contributed by atoms with Gasteiger partial charge in [0.05, 0.1) is 0 Å². The Kier molecular flexibility index (Phi) is 1.25. The van der Waals surface area contributed by atoms with E-state index in [1.807, 2.05) is 25.9 Å². The van der Waals surface area contributed by atoms with E-state index in [9.17, 15) is 0 Å². The van der Waals surface area contributed by atoms with E-state index in [1.54, 1.807) is 7.05 Å². The summed E-state index contributed by atoms with van der Waals surface area (Å²) in [7, 11) is 3.76. The van der Waals surface area contributed by atoms with Gasteiger partial charge in [0, 0.05) is 0 Å². The molecule has 0 N–H and O–H groups in total. The topological polar surface area (TPSA) is 12.9 Å². The van der Waals surface area contributed by atoms with Crippen molar-refractivity contribution in [3.05, 3.63) is 18.1 Å². The van der Waals surface area contributed by atoms with Crippen LogP contribution in [0.15, 0.2) is 18.1 Å². The summed E-state index contributed by atoms with van der Waals surface area (Å²) in [5, 5.41) is 0. The standard InChI is InChI=1S/C4H5B2N/c5-4-2-1-3-6-7-4/h1-3H,5H2. The molecule has 1 heterocycles. The second-order valence-electron chi connectivity index (χ2n) is 1.47. The van der Waals surface area contributed by atoms with Gasteiger partial charge in [-0.25, -0.2) is 0 Å². The normalized spacial score (nSPS) is 8.00. The molecule has 7 heavy (non-hydrogen) atoms. The molecule has 0 saturated heterocycles. The molecule has 0 bridgehead atoms. The quantitative estimate of drug-likeness (QED) is 0.359. The van der Waals surface area contributed by atoms with Gasteiger partial charge in [-0.2, -0.15) is 0 Å². The van der Waals surface area contributed by atoms with Crippen LogP contribution in [0.2, 0.25) is 0 Å². The minimum absolute atomic E-state index is 1.07. The van der Waals surface area contributed by atoms with Crippen molar-refractivity contribution in [3.8, 4) is 0 Å². The predicted octanol–water partition coefficient (Wildman–Crippen LogP) is -1.32. The van der Waals surface area contributed by atoms with Crippen molar-refractivity contribution in [1.29, 1.82) is 0 Å². The molecule has 0 fully saturated rings. The van der Waals surface area contributed by atoms with Crippen LogP contribution in [0.4, 0.5) is 0 Å². The van der Waals surface area contributed by atoms with Crippen molar-refractivity contribution in [2.45, 2.75) is 0 Å². The summed E-state index contributed by atoms with van der Waals surface area (Å²) in [5.41, 5.74) is 1.07. The number of hydrogen-bond acceptors (Lipinski definition) is 1. The van der Waals surface area contributed by atoms with Gasteiger partial charge in [0.15, 0.2) is 0 Å². The van der Waals surface area contributed by atoms with E-state index in [4.69, 9.17) is 0 Å². The SMILES string of the molecule is Bc1cccbn1. The fourth-order valence-electron chi connectivity index (χ4n) is 0.448. The van der Waals surface area contributed by atoms with E-state index in [1.165, 1.54) is 0 Å². The molecule has 1 aromatic heterocycles. The zero-order chi connectivity index (χ0) is 5.11. The van der Waals surface area contributed by atoms with Crippen LogP contribution in [0.25, 0.3) is 0 Å². The zero-order valence-electron chi connectivity index (χ0n) is 4.26. The minimum atomic E-state index is 1.07. The maximum absolute atomic E-state index is 3.98. The third kappa shape index (κ3) is 1.15. The average molecular weight is 88.7 g/mol. The van der Waals surface area contributed by atoms with Gasteiger partial charge in [0.1, 0.15) is 0 Å². The van der Waals surface area contributed by atoms with Crippen molar-refractivity contribution in [1.82, 2.24) is 4.89 Å². The molecule has 32 valence electrons. The summed E-state index contributed by atoms with van der Waals surface area (Å²) < 4.78 is 0. The van der Waals surface area contributed by atoms with Gasteiger partial charge in [0.2, 0.25) is 0 Å². The van der Waals surface area contributed by atoms with Crippen molar-refractivity contribution in [2.75, 3.05) is 0 Å². The van der Waals surface area contributed by atoms with Gasteiger partial charge >= 0.3 is 43.5 Å². The summed E-state index contributed by atoms with van der Waals surface area (Å²) in [5.74, 6) is 1.91. The number of rotatable bonds is 0. The Morgan fingerprint density at radius 3 is 2.86 bits per heavy atom. The molecule has 0 unspecified atom stereocenters. The third-order valence-electron chi connectivity index (χ3n) is 0.813. The molecular formula is C4H5B2N. The molecule has 1 aromatic rings. The Morgan fingerprint density at radius 2 is 2.57 bits per heavy atom. The summed E-state index contributed by atoms with van der Waals surface area (Å²) >= 11 is 0. The van der Waals surface area contributed by atoms with E-state index in [0.29, 0.717) is 0 Å². The third-order valence-corrected chi connectivity index (χ3v) is 0.813. The molecule has 0 saturated carbocycles. The van der Waals surface area contributed by atoms with Gasteiger partial charge in [-0.05, 0) is 0 Å². The summed E-state index contributed by atoms with van der Waals surface area (Å²) in [6.07, 6.45) is 0. The first-order valence-corrected chi connectivity index (χ1v) is 2.27. The van der Waals surface area contributed by atoms with Gasteiger partial charge in [-0.1, -0.05) is 0 Å². The summed E-state index contributed by atoms with van der Waals surface area (Å²) in [4.78, 5) is 3.98. The summed E-state index contributed by atoms with van der Waals surface area (Å²) in [6.45, 7) is 0. The Bertz CT molecular complexity index is 140. The molecule has 0 spiro atoms. The first kappa shape index (κ1) is 4.57. The molecule has 1 nitrogen and oxygen atoms in total. The van der Waals surface area contributed by atoms with Gasteiger partial charge in [-0.15, -0.1) is 0 Å². The van der Waals surface area contributed by atoms with Crippen LogP contribution in [0, 0.1) is 0 Å². The van der Waals surface area contributed by atoms with Crippen LogP contribution in [-0.2, 0) is 0 Å². The van der Waals surface area contributed by atoms with Crippen LogP contribution in [0.1, 0.15) is 0 Å². The fourth-order valence-corrected chi connectivity index (χ4v) is 0.448. The molecule has 0 amide bonds.